The second kappa shape index (κ2) is 4.78. The van der Waals surface area contributed by atoms with Gasteiger partial charge < -0.3 is 9.47 Å². The van der Waals surface area contributed by atoms with E-state index in [1.54, 1.807) is 14.2 Å². The summed E-state index contributed by atoms with van der Waals surface area (Å²) < 4.78 is 10.1. The molecule has 2 aliphatic heterocycles. The molecule has 2 saturated heterocycles. The van der Waals surface area contributed by atoms with Crippen molar-refractivity contribution in [2.24, 2.45) is 5.41 Å². The molecule has 1 spiro atoms. The molecule has 0 N–H and O–H groups in total. The van der Waals surface area contributed by atoms with Gasteiger partial charge >= 0.3 is 0 Å². The van der Waals surface area contributed by atoms with Crippen LogP contribution in [0.1, 0.15) is 0 Å². The Hall–Kier alpha value is -0.160. The maximum Gasteiger partial charge on any atom is 0.0589 e. The number of hydrogen-bond acceptors (Lipinski definition) is 4. The van der Waals surface area contributed by atoms with E-state index in [4.69, 9.17) is 9.47 Å². The molecule has 2 aliphatic rings. The number of likely N-dealkylation sites (tertiary alicyclic amines) is 2. The van der Waals surface area contributed by atoms with Crippen LogP contribution in [0.5, 0.6) is 0 Å². The van der Waals surface area contributed by atoms with E-state index in [-0.39, 0.29) is 0 Å². The zero-order valence-electron chi connectivity index (χ0n) is 9.87. The van der Waals surface area contributed by atoms with Gasteiger partial charge in [-0.05, 0) is 0 Å². The Morgan fingerprint density at radius 2 is 1.27 bits per heavy atom. The Kier molecular flexibility index (Phi) is 3.61. The normalized spacial score (nSPS) is 25.2. The molecule has 88 valence electrons. The van der Waals surface area contributed by atoms with Crippen molar-refractivity contribution in [3.05, 3.63) is 0 Å². The van der Waals surface area contributed by atoms with Gasteiger partial charge in [0, 0.05) is 58.9 Å². The van der Waals surface area contributed by atoms with Crippen molar-refractivity contribution in [1.82, 2.24) is 9.80 Å². The van der Waals surface area contributed by atoms with Crippen LogP contribution in [0.2, 0.25) is 0 Å². The third-order valence-corrected chi connectivity index (χ3v) is 3.46. The van der Waals surface area contributed by atoms with E-state index in [1.807, 2.05) is 0 Å². The molecule has 0 saturated carbocycles. The largest absolute Gasteiger partial charge is 0.383 e. The monoisotopic (exact) mass is 214 g/mol. The van der Waals surface area contributed by atoms with Gasteiger partial charge in [0.1, 0.15) is 0 Å². The summed E-state index contributed by atoms with van der Waals surface area (Å²) in [6.45, 7) is 8.97. The quantitative estimate of drug-likeness (QED) is 0.616. The Balaban J connectivity index is 1.56. The third kappa shape index (κ3) is 2.50. The van der Waals surface area contributed by atoms with Gasteiger partial charge in [0.25, 0.3) is 0 Å². The summed E-state index contributed by atoms with van der Waals surface area (Å²) in [4.78, 5) is 4.97. The highest BCUT2D eigenvalue weighted by Gasteiger charge is 2.50. The fraction of sp³-hybridized carbons (Fsp3) is 1.00. The van der Waals surface area contributed by atoms with Crippen LogP contribution in [0.4, 0.5) is 0 Å². The Morgan fingerprint density at radius 3 is 1.60 bits per heavy atom. The molecule has 0 bridgehead atoms. The number of rotatable bonds is 6. The van der Waals surface area contributed by atoms with Crippen LogP contribution < -0.4 is 0 Å². The lowest BCUT2D eigenvalue weighted by Gasteiger charge is -2.60. The fourth-order valence-electron chi connectivity index (χ4n) is 2.76. The predicted molar refractivity (Wildman–Crippen MR) is 59.1 cm³/mol. The Bertz CT molecular complexity index is 173. The molecule has 4 heteroatoms. The Labute approximate surface area is 92.1 Å². The molecule has 0 radical (unpaired) electrons. The molecule has 0 amide bonds. The standard InChI is InChI=1S/C11H22N2O2/c1-14-5-3-12-7-11(8-12)9-13(10-11)4-6-15-2/h3-10H2,1-2H3. The van der Waals surface area contributed by atoms with Crippen molar-refractivity contribution in [3.8, 4) is 0 Å². The van der Waals surface area contributed by atoms with Gasteiger partial charge in [-0.15, -0.1) is 0 Å². The zero-order valence-corrected chi connectivity index (χ0v) is 9.87. The number of methoxy groups -OCH3 is 2. The van der Waals surface area contributed by atoms with Crippen molar-refractivity contribution < 1.29 is 9.47 Å². The summed E-state index contributed by atoms with van der Waals surface area (Å²) in [5.41, 5.74) is 0.626. The summed E-state index contributed by atoms with van der Waals surface area (Å²) in [6, 6.07) is 0. The number of hydrogen-bond donors (Lipinski definition) is 0. The first-order valence-corrected chi connectivity index (χ1v) is 5.71. The van der Waals surface area contributed by atoms with Crippen molar-refractivity contribution in [3.63, 3.8) is 0 Å². The Morgan fingerprint density at radius 1 is 0.867 bits per heavy atom. The minimum atomic E-state index is 0.626. The highest BCUT2D eigenvalue weighted by molar-refractivity contribution is 5.05. The van der Waals surface area contributed by atoms with Crippen molar-refractivity contribution in [1.29, 1.82) is 0 Å². The van der Waals surface area contributed by atoms with Crippen LogP contribution in [0.15, 0.2) is 0 Å². The lowest BCUT2D eigenvalue weighted by atomic mass is 9.73. The second-order valence-corrected chi connectivity index (χ2v) is 4.91. The average molecular weight is 214 g/mol. The summed E-state index contributed by atoms with van der Waals surface area (Å²) in [6.07, 6.45) is 0. The third-order valence-electron chi connectivity index (χ3n) is 3.46. The number of ether oxygens (including phenoxy) is 2. The molecule has 2 fully saturated rings. The average Bonchev–Trinajstić information content (AvgIpc) is 2.12. The summed E-state index contributed by atoms with van der Waals surface area (Å²) in [7, 11) is 3.54. The molecule has 0 aromatic heterocycles. The highest BCUT2D eigenvalue weighted by Crippen LogP contribution is 2.38. The molecule has 0 atom stereocenters. The van der Waals surface area contributed by atoms with Crippen molar-refractivity contribution in [2.75, 3.05) is 66.7 Å². The van der Waals surface area contributed by atoms with E-state index in [0.29, 0.717) is 5.41 Å². The number of nitrogens with zero attached hydrogens (tertiary/aromatic N) is 2. The molecule has 2 rings (SSSR count). The lowest BCUT2D eigenvalue weighted by molar-refractivity contribution is -0.121. The molecule has 0 unspecified atom stereocenters. The molecule has 0 aromatic rings. The SMILES string of the molecule is COCCN1CC2(C1)CN(CCOC)C2. The van der Waals surface area contributed by atoms with Gasteiger partial charge in [-0.3, -0.25) is 9.80 Å². The maximum absolute atomic E-state index is 5.07. The van der Waals surface area contributed by atoms with Crippen molar-refractivity contribution in [2.45, 2.75) is 0 Å². The van der Waals surface area contributed by atoms with Gasteiger partial charge in [-0.25, -0.2) is 0 Å². The smallest absolute Gasteiger partial charge is 0.0589 e. The van der Waals surface area contributed by atoms with E-state index in [0.717, 1.165) is 26.3 Å². The van der Waals surface area contributed by atoms with E-state index in [2.05, 4.69) is 9.80 Å². The minimum Gasteiger partial charge on any atom is -0.383 e. The highest BCUT2D eigenvalue weighted by atomic mass is 16.5. The zero-order chi connectivity index (χ0) is 10.7. The first kappa shape index (κ1) is 11.3. The molecular weight excluding hydrogens is 192 g/mol. The van der Waals surface area contributed by atoms with Crippen LogP contribution in [0, 0.1) is 5.41 Å². The molecule has 0 aliphatic carbocycles. The van der Waals surface area contributed by atoms with Gasteiger partial charge in [0.15, 0.2) is 0 Å². The van der Waals surface area contributed by atoms with Gasteiger partial charge in [-0.1, -0.05) is 0 Å². The van der Waals surface area contributed by atoms with Crippen LogP contribution in [0.25, 0.3) is 0 Å². The van der Waals surface area contributed by atoms with E-state index in [9.17, 15) is 0 Å². The first-order chi connectivity index (χ1) is 7.28. The predicted octanol–water partition coefficient (Wildman–Crippen LogP) is -0.103. The lowest BCUT2D eigenvalue weighted by Crippen LogP contribution is -2.72. The molecule has 4 nitrogen and oxygen atoms in total. The van der Waals surface area contributed by atoms with E-state index >= 15 is 0 Å². The van der Waals surface area contributed by atoms with Crippen molar-refractivity contribution >= 4 is 0 Å². The second-order valence-electron chi connectivity index (χ2n) is 4.91. The summed E-state index contributed by atoms with van der Waals surface area (Å²) >= 11 is 0. The topological polar surface area (TPSA) is 24.9 Å². The maximum atomic E-state index is 5.07. The van der Waals surface area contributed by atoms with Crippen LogP contribution >= 0.6 is 0 Å². The van der Waals surface area contributed by atoms with Gasteiger partial charge in [0.2, 0.25) is 0 Å². The van der Waals surface area contributed by atoms with Crippen LogP contribution in [-0.4, -0.2) is 76.5 Å². The minimum absolute atomic E-state index is 0.626. The summed E-state index contributed by atoms with van der Waals surface area (Å²) in [5.74, 6) is 0. The van der Waals surface area contributed by atoms with Gasteiger partial charge in [-0.2, -0.15) is 0 Å². The first-order valence-electron chi connectivity index (χ1n) is 5.71. The van der Waals surface area contributed by atoms with E-state index in [1.165, 1.54) is 26.2 Å². The van der Waals surface area contributed by atoms with Crippen LogP contribution in [0.3, 0.4) is 0 Å². The molecule has 0 aromatic carbocycles. The van der Waals surface area contributed by atoms with Gasteiger partial charge in [0.05, 0.1) is 13.2 Å². The molecule has 15 heavy (non-hydrogen) atoms. The molecule has 2 heterocycles. The van der Waals surface area contributed by atoms with E-state index < -0.39 is 0 Å². The molecular formula is C11H22N2O2. The summed E-state index contributed by atoms with van der Waals surface area (Å²) in [5, 5.41) is 0. The van der Waals surface area contributed by atoms with Crippen LogP contribution in [-0.2, 0) is 9.47 Å². The fourth-order valence-corrected chi connectivity index (χ4v) is 2.76.